The molecule has 1 aromatic rings. The van der Waals surface area contributed by atoms with Crippen LogP contribution in [0, 0.1) is 0 Å². The number of benzene rings is 1. The first-order valence-corrected chi connectivity index (χ1v) is 8.20. The van der Waals surface area contributed by atoms with Crippen molar-refractivity contribution in [3.63, 3.8) is 0 Å². The van der Waals surface area contributed by atoms with Crippen LogP contribution in [0.4, 0.5) is 0 Å². The molecule has 1 rings (SSSR count). The standard InChI is InChI=1S/C14H23NO2S/c1-11(9-15)12-5-7-13(8-6-12)14(2,3)10-18(4,16)17/h5-8,11H,9-10,15H2,1-4H3. The van der Waals surface area contributed by atoms with E-state index >= 15 is 0 Å². The Morgan fingerprint density at radius 3 is 2.11 bits per heavy atom. The Morgan fingerprint density at radius 2 is 1.72 bits per heavy atom. The van der Waals surface area contributed by atoms with Gasteiger partial charge in [-0.1, -0.05) is 45.0 Å². The van der Waals surface area contributed by atoms with Gasteiger partial charge in [-0.2, -0.15) is 0 Å². The lowest BCUT2D eigenvalue weighted by molar-refractivity contribution is 0.552. The summed E-state index contributed by atoms with van der Waals surface area (Å²) in [5.74, 6) is 0.489. The SMILES string of the molecule is CC(CN)c1ccc(C(C)(C)CS(C)(=O)=O)cc1. The van der Waals surface area contributed by atoms with Crippen molar-refractivity contribution in [3.8, 4) is 0 Å². The zero-order chi connectivity index (χ0) is 14.0. The van der Waals surface area contributed by atoms with Gasteiger partial charge in [0.2, 0.25) is 0 Å². The van der Waals surface area contributed by atoms with E-state index in [4.69, 9.17) is 5.73 Å². The van der Waals surface area contributed by atoms with Gasteiger partial charge in [0, 0.05) is 11.7 Å². The number of sulfone groups is 1. The molecule has 0 radical (unpaired) electrons. The molecule has 0 aromatic heterocycles. The predicted molar refractivity (Wildman–Crippen MR) is 76.6 cm³/mol. The summed E-state index contributed by atoms with van der Waals surface area (Å²) in [5.41, 5.74) is 7.50. The van der Waals surface area contributed by atoms with E-state index in [0.29, 0.717) is 12.5 Å². The third-order valence-corrected chi connectivity index (χ3v) is 4.48. The summed E-state index contributed by atoms with van der Waals surface area (Å²) < 4.78 is 22.9. The molecule has 0 aliphatic carbocycles. The second-order valence-corrected chi connectivity index (χ2v) is 7.85. The smallest absolute Gasteiger partial charge is 0.148 e. The largest absolute Gasteiger partial charge is 0.330 e. The van der Waals surface area contributed by atoms with Crippen LogP contribution in [0.25, 0.3) is 0 Å². The Balaban J connectivity index is 2.97. The maximum Gasteiger partial charge on any atom is 0.148 e. The molecule has 0 fully saturated rings. The Bertz CT molecular complexity index is 489. The minimum absolute atomic E-state index is 0.159. The van der Waals surface area contributed by atoms with E-state index in [1.165, 1.54) is 11.8 Å². The van der Waals surface area contributed by atoms with Gasteiger partial charge in [-0.15, -0.1) is 0 Å². The minimum atomic E-state index is -2.98. The second-order valence-electron chi connectivity index (χ2n) is 5.71. The van der Waals surface area contributed by atoms with Gasteiger partial charge < -0.3 is 5.73 Å². The van der Waals surface area contributed by atoms with Gasteiger partial charge in [-0.3, -0.25) is 0 Å². The molecule has 0 bridgehead atoms. The fraction of sp³-hybridized carbons (Fsp3) is 0.571. The van der Waals surface area contributed by atoms with Crippen molar-refractivity contribution in [2.45, 2.75) is 32.1 Å². The van der Waals surface area contributed by atoms with Gasteiger partial charge in [-0.05, 0) is 23.6 Å². The topological polar surface area (TPSA) is 60.2 Å². The highest BCUT2D eigenvalue weighted by Gasteiger charge is 2.25. The van der Waals surface area contributed by atoms with Crippen LogP contribution in [0.2, 0.25) is 0 Å². The van der Waals surface area contributed by atoms with Crippen LogP contribution in [0.15, 0.2) is 24.3 Å². The van der Waals surface area contributed by atoms with Crippen LogP contribution in [-0.4, -0.2) is 27.0 Å². The summed E-state index contributed by atoms with van der Waals surface area (Å²) in [6.07, 6.45) is 1.28. The molecule has 2 N–H and O–H groups in total. The van der Waals surface area contributed by atoms with Crippen LogP contribution in [0.5, 0.6) is 0 Å². The average molecular weight is 269 g/mol. The maximum atomic E-state index is 11.4. The van der Waals surface area contributed by atoms with E-state index < -0.39 is 9.84 Å². The summed E-state index contributed by atoms with van der Waals surface area (Å²) in [4.78, 5) is 0. The van der Waals surface area contributed by atoms with E-state index in [-0.39, 0.29) is 11.2 Å². The summed E-state index contributed by atoms with van der Waals surface area (Å²) in [6, 6.07) is 8.09. The van der Waals surface area contributed by atoms with Crippen molar-refractivity contribution >= 4 is 9.84 Å². The zero-order valence-corrected chi connectivity index (χ0v) is 12.4. The number of hydrogen-bond acceptors (Lipinski definition) is 3. The molecule has 3 nitrogen and oxygen atoms in total. The van der Waals surface area contributed by atoms with E-state index in [1.54, 1.807) is 0 Å². The Morgan fingerprint density at radius 1 is 1.22 bits per heavy atom. The third kappa shape index (κ3) is 4.10. The van der Waals surface area contributed by atoms with Crippen molar-refractivity contribution in [1.29, 1.82) is 0 Å². The molecule has 0 amide bonds. The highest BCUT2D eigenvalue weighted by molar-refractivity contribution is 7.90. The quantitative estimate of drug-likeness (QED) is 0.890. The van der Waals surface area contributed by atoms with E-state index in [0.717, 1.165) is 5.56 Å². The molecule has 1 atom stereocenters. The highest BCUT2D eigenvalue weighted by Crippen LogP contribution is 2.26. The molecule has 0 aliphatic rings. The second kappa shape index (κ2) is 5.41. The van der Waals surface area contributed by atoms with Crippen molar-refractivity contribution in [1.82, 2.24) is 0 Å². The lowest BCUT2D eigenvalue weighted by atomic mass is 9.85. The number of rotatable bonds is 5. The first kappa shape index (κ1) is 15.2. The van der Waals surface area contributed by atoms with Crippen LogP contribution < -0.4 is 5.73 Å². The lowest BCUT2D eigenvalue weighted by Crippen LogP contribution is -2.27. The fourth-order valence-electron chi connectivity index (χ4n) is 2.14. The summed E-state index contributed by atoms with van der Waals surface area (Å²) >= 11 is 0. The van der Waals surface area contributed by atoms with Gasteiger partial charge in [0.25, 0.3) is 0 Å². The normalized spacial score (nSPS) is 14.5. The van der Waals surface area contributed by atoms with Crippen LogP contribution in [0.1, 0.15) is 37.8 Å². The molecule has 1 unspecified atom stereocenters. The molecule has 0 aliphatic heterocycles. The molecule has 4 heteroatoms. The Kier molecular flexibility index (Phi) is 4.56. The Labute approximate surface area is 110 Å². The summed E-state index contributed by atoms with van der Waals surface area (Å²) in [5, 5.41) is 0. The first-order valence-electron chi connectivity index (χ1n) is 6.14. The predicted octanol–water partition coefficient (Wildman–Crippen LogP) is 2.07. The lowest BCUT2D eigenvalue weighted by Gasteiger charge is -2.24. The van der Waals surface area contributed by atoms with Crippen LogP contribution in [-0.2, 0) is 15.3 Å². The average Bonchev–Trinajstić information content (AvgIpc) is 2.25. The molecule has 0 saturated carbocycles. The van der Waals surface area contributed by atoms with E-state index in [1.807, 2.05) is 38.1 Å². The number of hydrogen-bond donors (Lipinski definition) is 1. The van der Waals surface area contributed by atoms with E-state index in [2.05, 4.69) is 6.92 Å². The first-order chi connectivity index (χ1) is 8.15. The summed E-state index contributed by atoms with van der Waals surface area (Å²) in [7, 11) is -2.98. The van der Waals surface area contributed by atoms with Crippen molar-refractivity contribution < 1.29 is 8.42 Å². The zero-order valence-electron chi connectivity index (χ0n) is 11.6. The minimum Gasteiger partial charge on any atom is -0.330 e. The number of nitrogens with two attached hydrogens (primary N) is 1. The molecule has 0 spiro atoms. The fourth-order valence-corrected chi connectivity index (χ4v) is 3.62. The monoisotopic (exact) mass is 269 g/mol. The van der Waals surface area contributed by atoms with Crippen molar-refractivity contribution in [2.24, 2.45) is 5.73 Å². The van der Waals surface area contributed by atoms with Gasteiger partial charge in [0.1, 0.15) is 9.84 Å². The van der Waals surface area contributed by atoms with Crippen LogP contribution in [0.3, 0.4) is 0 Å². The van der Waals surface area contributed by atoms with E-state index in [9.17, 15) is 8.42 Å². The van der Waals surface area contributed by atoms with Gasteiger partial charge in [-0.25, -0.2) is 8.42 Å². The highest BCUT2D eigenvalue weighted by atomic mass is 32.2. The van der Waals surface area contributed by atoms with Crippen molar-refractivity contribution in [2.75, 3.05) is 18.6 Å². The molecule has 1 aromatic carbocycles. The molecular formula is C14H23NO2S. The van der Waals surface area contributed by atoms with Crippen LogP contribution >= 0.6 is 0 Å². The Hall–Kier alpha value is -0.870. The summed E-state index contributed by atoms with van der Waals surface area (Å²) in [6.45, 7) is 6.60. The molecule has 102 valence electrons. The van der Waals surface area contributed by atoms with Gasteiger partial charge in [0.15, 0.2) is 0 Å². The third-order valence-electron chi connectivity index (χ3n) is 3.24. The molecule has 0 heterocycles. The van der Waals surface area contributed by atoms with Gasteiger partial charge >= 0.3 is 0 Å². The van der Waals surface area contributed by atoms with Gasteiger partial charge in [0.05, 0.1) is 5.75 Å². The molecular weight excluding hydrogens is 246 g/mol. The maximum absolute atomic E-state index is 11.4. The molecule has 18 heavy (non-hydrogen) atoms. The van der Waals surface area contributed by atoms with Crippen molar-refractivity contribution in [3.05, 3.63) is 35.4 Å². The molecule has 0 saturated heterocycles.